The lowest BCUT2D eigenvalue weighted by atomic mass is 9.65. The molecule has 0 amide bonds. The van der Waals surface area contributed by atoms with E-state index in [0.29, 0.717) is 5.41 Å². The molecule has 2 fully saturated rings. The third kappa shape index (κ3) is 4.20. The first-order valence-corrected chi connectivity index (χ1v) is 9.48. The Kier molecular flexibility index (Phi) is 5.99. The lowest BCUT2D eigenvalue weighted by molar-refractivity contribution is -0.0667. The van der Waals surface area contributed by atoms with Crippen LogP contribution in [0.5, 0.6) is 0 Å². The molecule has 2 saturated heterocycles. The van der Waals surface area contributed by atoms with E-state index in [-0.39, 0.29) is 5.54 Å². The van der Waals surface area contributed by atoms with Crippen LogP contribution in [0.2, 0.25) is 0 Å². The van der Waals surface area contributed by atoms with Crippen molar-refractivity contribution in [3.63, 3.8) is 0 Å². The average molecular weight is 323 g/mol. The van der Waals surface area contributed by atoms with E-state index in [2.05, 4.69) is 54.7 Å². The van der Waals surface area contributed by atoms with Gasteiger partial charge >= 0.3 is 0 Å². The summed E-state index contributed by atoms with van der Waals surface area (Å²) in [5.74, 6) is 1.96. The second-order valence-corrected chi connectivity index (χ2v) is 8.76. The van der Waals surface area contributed by atoms with Gasteiger partial charge in [0.25, 0.3) is 0 Å². The van der Waals surface area contributed by atoms with Crippen LogP contribution in [0.1, 0.15) is 60.3 Å². The highest BCUT2D eigenvalue weighted by Gasteiger charge is 2.53. The molecule has 0 saturated carbocycles. The first-order valence-electron chi connectivity index (χ1n) is 9.48. The number of aliphatic imine (C=N–C) groups is 1. The van der Waals surface area contributed by atoms with E-state index in [0.717, 1.165) is 25.0 Å². The molecule has 0 bridgehead atoms. The molecule has 0 aromatic heterocycles. The van der Waals surface area contributed by atoms with Gasteiger partial charge in [0.1, 0.15) is 0 Å². The summed E-state index contributed by atoms with van der Waals surface area (Å²) in [5.41, 5.74) is 0.536. The molecule has 2 aliphatic heterocycles. The summed E-state index contributed by atoms with van der Waals surface area (Å²) in [6, 6.07) is 0. The summed E-state index contributed by atoms with van der Waals surface area (Å²) in [7, 11) is 1.90. The minimum atomic E-state index is 0.179. The van der Waals surface area contributed by atoms with Crippen molar-refractivity contribution in [2.24, 2.45) is 16.3 Å². The van der Waals surface area contributed by atoms with Gasteiger partial charge in [-0.25, -0.2) is 0 Å². The van der Waals surface area contributed by atoms with Crippen LogP contribution >= 0.6 is 0 Å². The van der Waals surface area contributed by atoms with Crippen molar-refractivity contribution in [1.82, 2.24) is 15.1 Å². The molecule has 2 aliphatic rings. The second-order valence-electron chi connectivity index (χ2n) is 8.76. The highest BCUT2D eigenvalue weighted by atomic mass is 15.4. The van der Waals surface area contributed by atoms with Crippen LogP contribution in [0.25, 0.3) is 0 Å². The van der Waals surface area contributed by atoms with E-state index in [4.69, 9.17) is 0 Å². The summed E-state index contributed by atoms with van der Waals surface area (Å²) >= 11 is 0. The fraction of sp³-hybridized carbons (Fsp3) is 0.947. The Balaban J connectivity index is 1.65. The molecule has 1 atom stereocenters. The molecule has 0 aliphatic carbocycles. The van der Waals surface area contributed by atoms with Crippen LogP contribution in [0, 0.1) is 11.3 Å². The number of piperidine rings is 1. The van der Waals surface area contributed by atoms with Crippen LogP contribution in [0.15, 0.2) is 4.99 Å². The summed E-state index contributed by atoms with van der Waals surface area (Å²) in [6.45, 7) is 17.7. The van der Waals surface area contributed by atoms with Crippen molar-refractivity contribution >= 4 is 5.96 Å². The van der Waals surface area contributed by atoms with E-state index in [1.165, 1.54) is 45.3 Å². The Bertz CT molecular complexity index is 414. The van der Waals surface area contributed by atoms with Crippen molar-refractivity contribution in [3.05, 3.63) is 0 Å². The molecule has 2 rings (SSSR count). The topological polar surface area (TPSA) is 30.9 Å². The number of hydrogen-bond donors (Lipinski definition) is 1. The minimum absolute atomic E-state index is 0.179. The number of nitrogens with zero attached hydrogens (tertiary/aromatic N) is 3. The summed E-state index contributed by atoms with van der Waals surface area (Å²) in [4.78, 5) is 9.55. The molecule has 0 aromatic carbocycles. The maximum absolute atomic E-state index is 4.49. The van der Waals surface area contributed by atoms with Gasteiger partial charge in [0.05, 0.1) is 0 Å². The van der Waals surface area contributed by atoms with Gasteiger partial charge < -0.3 is 15.1 Å². The Morgan fingerprint density at radius 2 is 1.96 bits per heavy atom. The van der Waals surface area contributed by atoms with Gasteiger partial charge in [0, 0.05) is 37.6 Å². The van der Waals surface area contributed by atoms with Crippen molar-refractivity contribution in [2.75, 3.05) is 39.8 Å². The highest BCUT2D eigenvalue weighted by molar-refractivity contribution is 5.81. The van der Waals surface area contributed by atoms with Crippen molar-refractivity contribution in [2.45, 2.75) is 65.8 Å². The fourth-order valence-corrected chi connectivity index (χ4v) is 3.85. The third-order valence-corrected chi connectivity index (χ3v) is 6.28. The average Bonchev–Trinajstić information content (AvgIpc) is 2.49. The van der Waals surface area contributed by atoms with E-state index in [1.807, 2.05) is 7.05 Å². The predicted octanol–water partition coefficient (Wildman–Crippen LogP) is 3.19. The number of guanidine groups is 1. The zero-order valence-electron chi connectivity index (χ0n) is 16.3. The molecule has 2 heterocycles. The standard InChI is InChI=1S/C19H38N4/c1-16-10-9-13-22(14-16)12-8-7-11-21-17(20-6)23-15-18(2,3)19(23,4)5/h16H,7-15H2,1-6H3,(H,20,21). The molecule has 1 unspecified atom stereocenters. The summed E-state index contributed by atoms with van der Waals surface area (Å²) < 4.78 is 0. The zero-order chi connectivity index (χ0) is 17.1. The predicted molar refractivity (Wildman–Crippen MR) is 100.0 cm³/mol. The van der Waals surface area contributed by atoms with Crippen molar-refractivity contribution in [1.29, 1.82) is 0 Å². The smallest absolute Gasteiger partial charge is 0.194 e. The Morgan fingerprint density at radius 1 is 1.22 bits per heavy atom. The molecule has 4 heteroatoms. The van der Waals surface area contributed by atoms with Gasteiger partial charge in [-0.15, -0.1) is 0 Å². The lowest BCUT2D eigenvalue weighted by Gasteiger charge is -2.62. The maximum atomic E-state index is 4.49. The molecule has 0 aromatic rings. The number of hydrogen-bond acceptors (Lipinski definition) is 2. The van der Waals surface area contributed by atoms with Gasteiger partial charge in [-0.2, -0.15) is 0 Å². The second kappa shape index (κ2) is 7.42. The van der Waals surface area contributed by atoms with Crippen LogP contribution in [-0.4, -0.2) is 61.1 Å². The van der Waals surface area contributed by atoms with E-state index >= 15 is 0 Å². The Morgan fingerprint density at radius 3 is 2.52 bits per heavy atom. The van der Waals surface area contributed by atoms with Crippen molar-refractivity contribution < 1.29 is 0 Å². The van der Waals surface area contributed by atoms with Crippen LogP contribution in [0.4, 0.5) is 0 Å². The van der Waals surface area contributed by atoms with Gasteiger partial charge in [0.2, 0.25) is 0 Å². The van der Waals surface area contributed by atoms with Crippen LogP contribution in [-0.2, 0) is 0 Å². The summed E-state index contributed by atoms with van der Waals surface area (Å²) in [6.07, 6.45) is 5.30. The van der Waals surface area contributed by atoms with Gasteiger partial charge in [-0.05, 0) is 58.5 Å². The minimum Gasteiger partial charge on any atom is -0.356 e. The van der Waals surface area contributed by atoms with Crippen molar-refractivity contribution in [3.8, 4) is 0 Å². The Hall–Kier alpha value is -0.770. The first-order chi connectivity index (χ1) is 10.8. The molecular formula is C19H38N4. The highest BCUT2D eigenvalue weighted by Crippen LogP contribution is 2.46. The van der Waals surface area contributed by atoms with Crippen LogP contribution < -0.4 is 5.32 Å². The molecule has 4 nitrogen and oxygen atoms in total. The van der Waals surface area contributed by atoms with Crippen LogP contribution in [0.3, 0.4) is 0 Å². The molecule has 134 valence electrons. The van der Waals surface area contributed by atoms with E-state index in [1.54, 1.807) is 0 Å². The third-order valence-electron chi connectivity index (χ3n) is 6.28. The quantitative estimate of drug-likeness (QED) is 0.479. The number of likely N-dealkylation sites (tertiary alicyclic amines) is 2. The number of unbranched alkanes of at least 4 members (excludes halogenated alkanes) is 1. The first kappa shape index (κ1) is 18.6. The summed E-state index contributed by atoms with van der Waals surface area (Å²) in [5, 5.41) is 3.57. The van der Waals surface area contributed by atoms with Gasteiger partial charge in [0.15, 0.2) is 5.96 Å². The number of rotatable bonds is 5. The number of nitrogens with one attached hydrogen (secondary N) is 1. The normalized spacial score (nSPS) is 27.7. The SMILES string of the molecule is CN=C(NCCCCN1CCCC(C)C1)N1CC(C)(C)C1(C)C. The molecular weight excluding hydrogens is 284 g/mol. The largest absolute Gasteiger partial charge is 0.356 e. The molecule has 0 spiro atoms. The Labute approximate surface area is 143 Å². The lowest BCUT2D eigenvalue weighted by Crippen LogP contribution is -2.72. The van der Waals surface area contributed by atoms with E-state index < -0.39 is 0 Å². The molecule has 1 N–H and O–H groups in total. The van der Waals surface area contributed by atoms with Gasteiger partial charge in [-0.3, -0.25) is 4.99 Å². The van der Waals surface area contributed by atoms with Gasteiger partial charge in [-0.1, -0.05) is 20.8 Å². The zero-order valence-corrected chi connectivity index (χ0v) is 16.3. The maximum Gasteiger partial charge on any atom is 0.194 e. The van der Waals surface area contributed by atoms with E-state index in [9.17, 15) is 0 Å². The monoisotopic (exact) mass is 322 g/mol. The molecule has 23 heavy (non-hydrogen) atoms. The molecule has 0 radical (unpaired) electrons. The fourth-order valence-electron chi connectivity index (χ4n) is 3.85.